The van der Waals surface area contributed by atoms with Crippen LogP contribution in [0.15, 0.2) is 65.7 Å². The minimum Gasteiger partial charge on any atom is -0.352 e. The number of hydrogen-bond donors (Lipinski definition) is 1. The molecule has 7 nitrogen and oxygen atoms in total. The number of piperidine rings is 1. The molecule has 1 saturated heterocycles. The smallest absolute Gasteiger partial charge is 0.276 e. The van der Waals surface area contributed by atoms with E-state index in [1.807, 2.05) is 59.1 Å². The van der Waals surface area contributed by atoms with Crippen molar-refractivity contribution in [3.63, 3.8) is 0 Å². The van der Waals surface area contributed by atoms with Gasteiger partial charge in [-0.2, -0.15) is 0 Å². The summed E-state index contributed by atoms with van der Waals surface area (Å²) in [5.41, 5.74) is 3.51. The molecule has 4 heterocycles. The summed E-state index contributed by atoms with van der Waals surface area (Å²) in [6.07, 6.45) is 8.43. The maximum absolute atomic E-state index is 13.2. The third-order valence-corrected chi connectivity index (χ3v) is 6.41. The molecule has 1 fully saturated rings. The highest BCUT2D eigenvalue weighted by Crippen LogP contribution is 2.15. The first kappa shape index (κ1) is 21.4. The first-order chi connectivity index (χ1) is 16.2. The molecule has 0 saturated carbocycles. The van der Waals surface area contributed by atoms with Crippen LogP contribution >= 0.6 is 0 Å². The number of amides is 1. The summed E-state index contributed by atoms with van der Waals surface area (Å²) in [5, 5.41) is 3.04. The molecule has 5 rings (SSSR count). The van der Waals surface area contributed by atoms with Crippen LogP contribution in [0, 0.1) is 0 Å². The first-order valence-electron chi connectivity index (χ1n) is 11.7. The third-order valence-electron chi connectivity index (χ3n) is 6.41. The number of rotatable bonds is 7. The molecule has 1 aliphatic rings. The van der Waals surface area contributed by atoms with Crippen LogP contribution in [0.1, 0.15) is 41.6 Å². The number of fused-ring (bicyclic) bond motifs is 3. The van der Waals surface area contributed by atoms with Crippen molar-refractivity contribution < 1.29 is 4.79 Å². The van der Waals surface area contributed by atoms with Crippen LogP contribution in [0.2, 0.25) is 0 Å². The molecule has 0 radical (unpaired) electrons. The molecule has 0 unspecified atom stereocenters. The zero-order valence-corrected chi connectivity index (χ0v) is 18.7. The lowest BCUT2D eigenvalue weighted by atomic mass is 10.1. The van der Waals surface area contributed by atoms with E-state index in [1.54, 1.807) is 10.8 Å². The molecule has 0 atom stereocenters. The van der Waals surface area contributed by atoms with E-state index in [0.717, 1.165) is 24.0 Å². The Labute approximate surface area is 192 Å². The van der Waals surface area contributed by atoms with Crippen molar-refractivity contribution in [1.82, 2.24) is 24.2 Å². The van der Waals surface area contributed by atoms with Gasteiger partial charge in [0.15, 0.2) is 5.65 Å². The molecule has 170 valence electrons. The van der Waals surface area contributed by atoms with Gasteiger partial charge in [-0.1, -0.05) is 18.6 Å². The average Bonchev–Trinajstić information content (AvgIpc) is 3.36. The van der Waals surface area contributed by atoms with E-state index in [4.69, 9.17) is 0 Å². The van der Waals surface area contributed by atoms with Gasteiger partial charge in [-0.25, -0.2) is 4.98 Å². The van der Waals surface area contributed by atoms with Crippen molar-refractivity contribution in [2.24, 2.45) is 0 Å². The molecule has 3 aromatic heterocycles. The molecule has 0 spiro atoms. The number of pyridine rings is 1. The van der Waals surface area contributed by atoms with E-state index in [0.29, 0.717) is 29.8 Å². The SMILES string of the molecule is O=C(NCCCN1CCCCC1)c1cccc(Cn2c(=O)c3cccn3c3cccnc32)c1. The molecule has 1 N–H and O–H groups in total. The van der Waals surface area contributed by atoms with Gasteiger partial charge in [-0.15, -0.1) is 0 Å². The number of carbonyl (C=O) groups is 1. The summed E-state index contributed by atoms with van der Waals surface area (Å²) in [6.45, 7) is 4.40. The average molecular weight is 444 g/mol. The topological polar surface area (TPSA) is 71.6 Å². The predicted molar refractivity (Wildman–Crippen MR) is 130 cm³/mol. The fraction of sp³-hybridized carbons (Fsp3) is 0.346. The van der Waals surface area contributed by atoms with Crippen molar-refractivity contribution in [3.05, 3.63) is 82.4 Å². The van der Waals surface area contributed by atoms with Crippen LogP contribution < -0.4 is 10.9 Å². The van der Waals surface area contributed by atoms with Crippen molar-refractivity contribution in [1.29, 1.82) is 0 Å². The van der Waals surface area contributed by atoms with E-state index in [2.05, 4.69) is 15.2 Å². The van der Waals surface area contributed by atoms with Crippen molar-refractivity contribution >= 4 is 22.6 Å². The summed E-state index contributed by atoms with van der Waals surface area (Å²) >= 11 is 0. The van der Waals surface area contributed by atoms with Crippen molar-refractivity contribution in [2.75, 3.05) is 26.2 Å². The molecule has 4 aromatic rings. The second-order valence-corrected chi connectivity index (χ2v) is 8.71. The summed E-state index contributed by atoms with van der Waals surface area (Å²) in [4.78, 5) is 32.8. The van der Waals surface area contributed by atoms with Gasteiger partial charge in [0.25, 0.3) is 11.5 Å². The largest absolute Gasteiger partial charge is 0.352 e. The van der Waals surface area contributed by atoms with Crippen molar-refractivity contribution in [3.8, 4) is 0 Å². The number of benzene rings is 1. The van der Waals surface area contributed by atoms with E-state index >= 15 is 0 Å². The Hall–Kier alpha value is -3.45. The number of likely N-dealkylation sites (tertiary alicyclic amines) is 1. The minimum absolute atomic E-state index is 0.0760. The van der Waals surface area contributed by atoms with Crippen LogP contribution in [0.5, 0.6) is 0 Å². The zero-order valence-electron chi connectivity index (χ0n) is 18.7. The number of nitrogens with zero attached hydrogens (tertiary/aromatic N) is 4. The van der Waals surface area contributed by atoms with E-state index in [9.17, 15) is 9.59 Å². The highest BCUT2D eigenvalue weighted by atomic mass is 16.1. The lowest BCUT2D eigenvalue weighted by Crippen LogP contribution is -2.33. The van der Waals surface area contributed by atoms with Crippen molar-refractivity contribution in [2.45, 2.75) is 32.2 Å². The third kappa shape index (κ3) is 4.54. The summed E-state index contributed by atoms with van der Waals surface area (Å²) in [5.74, 6) is -0.0760. The predicted octanol–water partition coefficient (Wildman–Crippen LogP) is 3.30. The number of aromatic nitrogens is 3. The van der Waals surface area contributed by atoms with Gasteiger partial charge in [0.05, 0.1) is 12.1 Å². The molecule has 33 heavy (non-hydrogen) atoms. The van der Waals surface area contributed by atoms with Gasteiger partial charge in [-0.3, -0.25) is 14.2 Å². The van der Waals surface area contributed by atoms with Gasteiger partial charge in [0.1, 0.15) is 5.52 Å². The molecule has 0 bridgehead atoms. The van der Waals surface area contributed by atoms with Gasteiger partial charge in [-0.05, 0) is 80.9 Å². The van der Waals surface area contributed by atoms with Gasteiger partial charge >= 0.3 is 0 Å². The molecular formula is C26H29N5O2. The second-order valence-electron chi connectivity index (χ2n) is 8.71. The van der Waals surface area contributed by atoms with Crippen LogP contribution in [0.3, 0.4) is 0 Å². The zero-order chi connectivity index (χ0) is 22.6. The molecule has 1 aromatic carbocycles. The minimum atomic E-state index is -0.0984. The summed E-state index contributed by atoms with van der Waals surface area (Å²) < 4.78 is 3.55. The number of nitrogens with one attached hydrogen (secondary N) is 1. The van der Waals surface area contributed by atoms with Gasteiger partial charge in [0, 0.05) is 24.5 Å². The normalized spacial score (nSPS) is 14.7. The maximum Gasteiger partial charge on any atom is 0.276 e. The van der Waals surface area contributed by atoms with E-state index < -0.39 is 0 Å². The Morgan fingerprint density at radius 1 is 1.00 bits per heavy atom. The monoisotopic (exact) mass is 443 g/mol. The quantitative estimate of drug-likeness (QED) is 0.445. The molecule has 1 aliphatic heterocycles. The first-order valence-corrected chi connectivity index (χ1v) is 11.7. The Balaban J connectivity index is 1.30. The highest BCUT2D eigenvalue weighted by Gasteiger charge is 2.13. The maximum atomic E-state index is 13.2. The molecule has 7 heteroatoms. The Morgan fingerprint density at radius 3 is 2.73 bits per heavy atom. The Bertz CT molecular complexity index is 1330. The Morgan fingerprint density at radius 2 is 1.85 bits per heavy atom. The Kier molecular flexibility index (Phi) is 6.21. The molecule has 0 aliphatic carbocycles. The number of carbonyl (C=O) groups excluding carboxylic acids is 1. The lowest BCUT2D eigenvalue weighted by molar-refractivity contribution is 0.0951. The number of hydrogen-bond acceptors (Lipinski definition) is 4. The molecule has 1 amide bonds. The van der Waals surface area contributed by atoms with E-state index in [-0.39, 0.29) is 11.5 Å². The standard InChI is InChI=1S/C26H29N5O2/c32-25(28-13-7-16-29-14-2-1-3-15-29)21-9-4-8-20(18-21)19-31-24-22(10-5-12-27-24)30-17-6-11-23(30)26(31)33/h4-6,8-12,17-18H,1-3,7,13-16,19H2,(H,28,32). The van der Waals surface area contributed by atoms with Gasteiger partial charge in [0.2, 0.25) is 0 Å². The van der Waals surface area contributed by atoms with Crippen LogP contribution in [0.4, 0.5) is 0 Å². The fourth-order valence-electron chi connectivity index (χ4n) is 4.71. The highest BCUT2D eigenvalue weighted by molar-refractivity contribution is 5.94. The van der Waals surface area contributed by atoms with Crippen LogP contribution in [-0.4, -0.2) is 50.9 Å². The summed E-state index contributed by atoms with van der Waals surface area (Å²) in [7, 11) is 0. The van der Waals surface area contributed by atoms with Crippen LogP contribution in [0.25, 0.3) is 16.7 Å². The van der Waals surface area contributed by atoms with E-state index in [1.165, 1.54) is 32.4 Å². The lowest BCUT2D eigenvalue weighted by Gasteiger charge is -2.26. The van der Waals surface area contributed by atoms with Gasteiger partial charge < -0.3 is 14.6 Å². The van der Waals surface area contributed by atoms with Crippen LogP contribution in [-0.2, 0) is 6.54 Å². The summed E-state index contributed by atoms with van der Waals surface area (Å²) in [6, 6.07) is 15.0. The molecular weight excluding hydrogens is 414 g/mol. The fourth-order valence-corrected chi connectivity index (χ4v) is 4.71. The second kappa shape index (κ2) is 9.58.